The van der Waals surface area contributed by atoms with Gasteiger partial charge in [-0.05, 0) is 0 Å². The molecule has 0 bridgehead atoms. The van der Waals surface area contributed by atoms with Gasteiger partial charge >= 0.3 is 5.97 Å². The first-order valence-corrected chi connectivity index (χ1v) is 4.24. The number of hydrogen-bond donors (Lipinski definition) is 2. The van der Waals surface area contributed by atoms with Crippen LogP contribution in [0, 0.1) is 0 Å². The number of aliphatic carboxylic acids is 1. The van der Waals surface area contributed by atoms with Gasteiger partial charge in [0.1, 0.15) is 18.5 Å². The molecule has 0 saturated carbocycles. The predicted octanol–water partition coefficient (Wildman–Crippen LogP) is -0.597. The number of aryl methyl sites for hydroxylation is 1. The van der Waals surface area contributed by atoms with Crippen LogP contribution >= 0.6 is 0 Å². The van der Waals surface area contributed by atoms with Gasteiger partial charge in [-0.2, -0.15) is 4.98 Å². The van der Waals surface area contributed by atoms with Gasteiger partial charge < -0.3 is 5.11 Å². The van der Waals surface area contributed by atoms with Crippen LogP contribution in [0.3, 0.4) is 0 Å². The Kier molecular flexibility index (Phi) is 2.40. The lowest BCUT2D eigenvalue weighted by Crippen LogP contribution is -1.99. The number of nitrogens with one attached hydrogen (secondary N) is 1. The fraction of sp³-hybridized carbons (Fsp3) is 0.286. The van der Waals surface area contributed by atoms with E-state index in [0.717, 1.165) is 0 Å². The molecule has 15 heavy (non-hydrogen) atoms. The first-order chi connectivity index (χ1) is 7.25. The van der Waals surface area contributed by atoms with E-state index in [1.54, 1.807) is 0 Å². The highest BCUT2D eigenvalue weighted by atomic mass is 16.4. The quantitative estimate of drug-likeness (QED) is 0.694. The van der Waals surface area contributed by atoms with Crippen molar-refractivity contribution >= 4 is 5.97 Å². The Labute approximate surface area is 84.0 Å². The number of carboxylic acids is 1. The Morgan fingerprint density at radius 1 is 1.47 bits per heavy atom. The van der Waals surface area contributed by atoms with E-state index in [4.69, 9.17) is 5.11 Å². The summed E-state index contributed by atoms with van der Waals surface area (Å²) in [6.07, 6.45) is 3.27. The highest BCUT2D eigenvalue weighted by Crippen LogP contribution is 2.00. The molecule has 0 fully saturated rings. The Balaban J connectivity index is 2.08. The largest absolute Gasteiger partial charge is 0.481 e. The molecule has 0 amide bonds. The van der Waals surface area contributed by atoms with Gasteiger partial charge in [-0.15, -0.1) is 15.3 Å². The van der Waals surface area contributed by atoms with Crippen molar-refractivity contribution in [3.05, 3.63) is 18.5 Å². The van der Waals surface area contributed by atoms with Gasteiger partial charge in [-0.1, -0.05) is 0 Å². The van der Waals surface area contributed by atoms with Gasteiger partial charge in [0.05, 0.1) is 6.42 Å². The average Bonchev–Trinajstić information content (AvgIpc) is 2.85. The van der Waals surface area contributed by atoms with Gasteiger partial charge in [0.15, 0.2) is 0 Å². The van der Waals surface area contributed by atoms with Crippen molar-refractivity contribution in [3.8, 4) is 5.95 Å². The van der Waals surface area contributed by atoms with Crippen LogP contribution < -0.4 is 0 Å². The Morgan fingerprint density at radius 2 is 2.20 bits per heavy atom. The Bertz CT molecular complexity index is 448. The van der Waals surface area contributed by atoms with E-state index in [0.29, 0.717) is 18.2 Å². The maximum atomic E-state index is 10.3. The second kappa shape index (κ2) is 3.86. The second-order valence-electron chi connectivity index (χ2n) is 2.84. The molecule has 0 spiro atoms. The lowest BCUT2D eigenvalue weighted by Gasteiger charge is -1.90. The van der Waals surface area contributed by atoms with Gasteiger partial charge in [-0.25, -0.2) is 0 Å². The van der Waals surface area contributed by atoms with Crippen molar-refractivity contribution in [2.75, 3.05) is 0 Å². The summed E-state index contributed by atoms with van der Waals surface area (Å²) in [4.78, 5) is 14.4. The molecule has 0 aliphatic rings. The molecule has 0 saturated heterocycles. The van der Waals surface area contributed by atoms with E-state index < -0.39 is 5.97 Å². The predicted molar refractivity (Wildman–Crippen MR) is 47.3 cm³/mol. The monoisotopic (exact) mass is 208 g/mol. The van der Waals surface area contributed by atoms with E-state index in [9.17, 15) is 4.79 Å². The minimum atomic E-state index is -0.864. The molecule has 2 rings (SSSR count). The van der Waals surface area contributed by atoms with Crippen LogP contribution in [0.15, 0.2) is 12.7 Å². The molecule has 8 heteroatoms. The first kappa shape index (κ1) is 9.31. The number of carbonyl (C=O) groups is 1. The number of rotatable bonds is 4. The topological polar surface area (TPSA) is 110 Å². The Hall–Kier alpha value is -2.25. The van der Waals surface area contributed by atoms with Crippen molar-refractivity contribution in [2.45, 2.75) is 12.8 Å². The summed E-state index contributed by atoms with van der Waals surface area (Å²) in [7, 11) is 0. The maximum absolute atomic E-state index is 10.3. The normalized spacial score (nSPS) is 10.4. The highest BCUT2D eigenvalue weighted by molar-refractivity contribution is 5.66. The minimum absolute atomic E-state index is 0.0246. The molecule has 0 radical (unpaired) electrons. The smallest absolute Gasteiger partial charge is 0.303 e. The van der Waals surface area contributed by atoms with Gasteiger partial charge in [0.2, 0.25) is 0 Å². The van der Waals surface area contributed by atoms with Crippen molar-refractivity contribution in [1.82, 2.24) is 29.9 Å². The van der Waals surface area contributed by atoms with Crippen LogP contribution in [0.1, 0.15) is 12.2 Å². The van der Waals surface area contributed by atoms with E-state index in [2.05, 4.69) is 25.4 Å². The van der Waals surface area contributed by atoms with Crippen LogP contribution in [-0.2, 0) is 11.2 Å². The molecule has 0 unspecified atom stereocenters. The summed E-state index contributed by atoms with van der Waals surface area (Å²) >= 11 is 0. The summed E-state index contributed by atoms with van der Waals surface area (Å²) in [6.45, 7) is 0. The third-order valence-electron chi connectivity index (χ3n) is 1.75. The lowest BCUT2D eigenvalue weighted by atomic mass is 10.3. The van der Waals surface area contributed by atoms with Crippen molar-refractivity contribution in [3.63, 3.8) is 0 Å². The van der Waals surface area contributed by atoms with E-state index in [-0.39, 0.29) is 6.42 Å². The summed E-state index contributed by atoms with van der Waals surface area (Å²) in [5.41, 5.74) is 0. The molecule has 2 aromatic heterocycles. The first-order valence-electron chi connectivity index (χ1n) is 4.24. The number of carboxylic acid groups (broad SMARTS) is 1. The minimum Gasteiger partial charge on any atom is -0.481 e. The zero-order chi connectivity index (χ0) is 10.7. The van der Waals surface area contributed by atoms with Gasteiger partial charge in [-0.3, -0.25) is 14.5 Å². The van der Waals surface area contributed by atoms with Gasteiger partial charge in [0.25, 0.3) is 5.95 Å². The molecule has 2 heterocycles. The zero-order valence-corrected chi connectivity index (χ0v) is 7.66. The van der Waals surface area contributed by atoms with Crippen LogP contribution in [0.4, 0.5) is 0 Å². The number of nitrogens with zero attached hydrogens (tertiary/aromatic N) is 5. The van der Waals surface area contributed by atoms with Crippen LogP contribution in [0.2, 0.25) is 0 Å². The average molecular weight is 208 g/mol. The summed E-state index contributed by atoms with van der Waals surface area (Å²) in [5, 5.41) is 22.2. The molecular formula is C7H8N6O2. The third-order valence-corrected chi connectivity index (χ3v) is 1.75. The second-order valence-corrected chi connectivity index (χ2v) is 2.84. The summed E-state index contributed by atoms with van der Waals surface area (Å²) < 4.78 is 1.53. The molecule has 0 atom stereocenters. The number of aromatic nitrogens is 6. The maximum Gasteiger partial charge on any atom is 0.303 e. The van der Waals surface area contributed by atoms with Crippen molar-refractivity contribution in [2.24, 2.45) is 0 Å². The van der Waals surface area contributed by atoms with Crippen LogP contribution in [0.5, 0.6) is 0 Å². The SMILES string of the molecule is O=C(O)CCc1nc(-n2cnnc2)n[nH]1. The van der Waals surface area contributed by atoms with Crippen LogP contribution in [0.25, 0.3) is 5.95 Å². The third kappa shape index (κ3) is 2.16. The summed E-state index contributed by atoms with van der Waals surface area (Å²) in [5.74, 6) is 0.0683. The van der Waals surface area contributed by atoms with Crippen LogP contribution in [-0.4, -0.2) is 41.0 Å². The van der Waals surface area contributed by atoms with E-state index in [1.807, 2.05) is 0 Å². The molecule has 2 N–H and O–H groups in total. The number of H-pyrrole nitrogens is 1. The van der Waals surface area contributed by atoms with Crippen molar-refractivity contribution < 1.29 is 9.90 Å². The molecule has 78 valence electrons. The highest BCUT2D eigenvalue weighted by Gasteiger charge is 2.06. The molecular weight excluding hydrogens is 200 g/mol. The fourth-order valence-electron chi connectivity index (χ4n) is 1.04. The number of hydrogen-bond acceptors (Lipinski definition) is 5. The molecule has 0 aromatic carbocycles. The molecule has 0 aliphatic heterocycles. The lowest BCUT2D eigenvalue weighted by molar-refractivity contribution is -0.137. The standard InChI is InChI=1S/C7H8N6O2/c14-6(15)2-1-5-10-7(12-11-5)13-3-8-9-4-13/h3-4H,1-2H2,(H,14,15)(H,10,11,12). The molecule has 8 nitrogen and oxygen atoms in total. The summed E-state index contributed by atoms with van der Waals surface area (Å²) in [6, 6.07) is 0. The fourth-order valence-corrected chi connectivity index (χ4v) is 1.04. The van der Waals surface area contributed by atoms with Crippen molar-refractivity contribution in [1.29, 1.82) is 0 Å². The Morgan fingerprint density at radius 3 is 2.87 bits per heavy atom. The number of aromatic amines is 1. The molecule has 0 aliphatic carbocycles. The van der Waals surface area contributed by atoms with E-state index in [1.165, 1.54) is 17.2 Å². The van der Waals surface area contributed by atoms with Gasteiger partial charge in [0, 0.05) is 6.42 Å². The zero-order valence-electron chi connectivity index (χ0n) is 7.66. The molecule has 2 aromatic rings. The van der Waals surface area contributed by atoms with E-state index >= 15 is 0 Å².